The molecule has 0 aliphatic rings. The molecule has 0 bridgehead atoms. The molecule has 0 aromatic heterocycles. The van der Waals surface area contributed by atoms with Crippen LogP contribution >= 0.6 is 0 Å². The number of hydrogen-bond donors (Lipinski definition) is 1. The van der Waals surface area contributed by atoms with E-state index in [0.29, 0.717) is 22.3 Å². The molecule has 0 heterocycles. The molecular weight excluding hydrogens is 489 g/mol. The van der Waals surface area contributed by atoms with Gasteiger partial charge >= 0.3 is 0 Å². The first-order valence-corrected chi connectivity index (χ1v) is 22.7. The Kier molecular flexibility index (Phi) is 22.7. The van der Waals surface area contributed by atoms with E-state index in [9.17, 15) is 0 Å². The van der Waals surface area contributed by atoms with Crippen molar-refractivity contribution in [2.75, 3.05) is 46.2 Å². The van der Waals surface area contributed by atoms with Crippen LogP contribution in [0.2, 0.25) is 51.4 Å². The average Bonchev–Trinajstić information content (AvgIpc) is 2.77. The predicted molar refractivity (Wildman–Crippen MR) is 157 cm³/mol. The first-order chi connectivity index (χ1) is 16.6. The fourth-order valence-corrected chi connectivity index (χ4v) is 8.31. The molecule has 5 nitrogen and oxygen atoms in total. The molecule has 35 heavy (non-hydrogen) atoms. The highest BCUT2D eigenvalue weighted by molar-refractivity contribution is 6.77. The van der Waals surface area contributed by atoms with Gasteiger partial charge in [0, 0.05) is 54.3 Å². The summed E-state index contributed by atoms with van der Waals surface area (Å²) in [4.78, 5) is 0. The molecule has 0 aliphatic carbocycles. The maximum Gasteiger partial charge on any atom is 0.226 e. The summed E-state index contributed by atoms with van der Waals surface area (Å²) in [6.45, 7) is 22.1. The van der Waals surface area contributed by atoms with Crippen molar-refractivity contribution < 1.29 is 23.4 Å². The lowest BCUT2D eigenvalue weighted by molar-refractivity contribution is 0.0971. The lowest BCUT2D eigenvalue weighted by atomic mass is 9.95. The van der Waals surface area contributed by atoms with Crippen molar-refractivity contribution in [2.24, 2.45) is 5.92 Å². The van der Waals surface area contributed by atoms with Gasteiger partial charge in [0.1, 0.15) is 0 Å². The Morgan fingerprint density at radius 1 is 0.657 bits per heavy atom. The molecule has 1 N–H and O–H groups in total. The minimum absolute atomic E-state index is 0.321. The first-order valence-electron chi connectivity index (χ1n) is 14.3. The SMILES string of the molecule is C[Si]OCCCCOCCCCOCCCC(C(CCCCCCO)CO[Si](C)(C)C)[Si](C)(C)C. The van der Waals surface area contributed by atoms with Crippen LogP contribution < -0.4 is 0 Å². The lowest BCUT2D eigenvalue weighted by Crippen LogP contribution is -2.38. The van der Waals surface area contributed by atoms with Crippen LogP contribution in [0.5, 0.6) is 0 Å². The normalized spacial score (nSPS) is 14.4. The third-order valence-electron chi connectivity index (χ3n) is 6.46. The highest BCUT2D eigenvalue weighted by atomic mass is 28.4. The summed E-state index contributed by atoms with van der Waals surface area (Å²) in [5.74, 6) is 0.661. The van der Waals surface area contributed by atoms with Gasteiger partial charge in [0.25, 0.3) is 0 Å². The highest BCUT2D eigenvalue weighted by Crippen LogP contribution is 2.38. The predicted octanol–water partition coefficient (Wildman–Crippen LogP) is 7.16. The number of hydrogen-bond acceptors (Lipinski definition) is 5. The van der Waals surface area contributed by atoms with E-state index in [1.807, 2.05) is 0 Å². The van der Waals surface area contributed by atoms with Crippen LogP contribution in [-0.2, 0) is 18.3 Å². The molecule has 0 saturated carbocycles. The zero-order valence-electron chi connectivity index (χ0n) is 24.5. The third kappa shape index (κ3) is 23.3. The molecule has 0 aromatic carbocycles. The molecule has 0 spiro atoms. The summed E-state index contributed by atoms with van der Waals surface area (Å²) in [5, 5.41) is 9.07. The summed E-state index contributed by atoms with van der Waals surface area (Å²) in [6.07, 6.45) is 12.6. The standard InChI is InChI=1S/C27H60O5Si3/c1-33-31-24-15-14-22-29-20-12-13-21-30-23-16-18-27(34(2,3)4)26(25-32-35(5,6)7)17-10-8-9-11-19-28/h26-28H,8-25H2,1-7H3. The van der Waals surface area contributed by atoms with Crippen LogP contribution in [0.15, 0.2) is 0 Å². The maximum absolute atomic E-state index is 9.07. The second kappa shape index (κ2) is 22.4. The van der Waals surface area contributed by atoms with E-state index in [1.165, 1.54) is 25.7 Å². The van der Waals surface area contributed by atoms with Crippen molar-refractivity contribution in [1.29, 1.82) is 0 Å². The summed E-state index contributed by atoms with van der Waals surface area (Å²) >= 11 is 0. The van der Waals surface area contributed by atoms with Gasteiger partial charge in [0.15, 0.2) is 8.32 Å². The number of unbranched alkanes of at least 4 members (excludes halogenated alkanes) is 5. The summed E-state index contributed by atoms with van der Waals surface area (Å²) in [5.41, 5.74) is 0.775. The van der Waals surface area contributed by atoms with E-state index in [0.717, 1.165) is 90.1 Å². The molecule has 0 fully saturated rings. The van der Waals surface area contributed by atoms with Crippen molar-refractivity contribution in [3.63, 3.8) is 0 Å². The Labute approximate surface area is 223 Å². The second-order valence-electron chi connectivity index (χ2n) is 11.9. The first kappa shape index (κ1) is 35.5. The highest BCUT2D eigenvalue weighted by Gasteiger charge is 2.34. The Bertz CT molecular complexity index is 455. The molecule has 0 aromatic rings. The minimum Gasteiger partial charge on any atom is -0.418 e. The third-order valence-corrected chi connectivity index (χ3v) is 11.0. The van der Waals surface area contributed by atoms with Gasteiger partial charge in [-0.15, -0.1) is 0 Å². The summed E-state index contributed by atoms with van der Waals surface area (Å²) in [7, 11) is -2.23. The second-order valence-corrected chi connectivity index (χ2v) is 22.6. The van der Waals surface area contributed by atoms with Crippen LogP contribution in [-0.4, -0.2) is 77.5 Å². The zero-order chi connectivity index (χ0) is 26.4. The van der Waals surface area contributed by atoms with Crippen LogP contribution in [0.1, 0.15) is 70.6 Å². The van der Waals surface area contributed by atoms with E-state index in [-0.39, 0.29) is 0 Å². The quantitative estimate of drug-likeness (QED) is 0.0917. The van der Waals surface area contributed by atoms with Gasteiger partial charge < -0.3 is 23.4 Å². The van der Waals surface area contributed by atoms with Crippen LogP contribution in [0.4, 0.5) is 0 Å². The Morgan fingerprint density at radius 3 is 1.71 bits per heavy atom. The van der Waals surface area contributed by atoms with Crippen molar-refractivity contribution in [3.05, 3.63) is 0 Å². The van der Waals surface area contributed by atoms with Gasteiger partial charge in [-0.2, -0.15) is 0 Å². The molecule has 210 valence electrons. The number of ether oxygens (including phenoxy) is 2. The molecular formula is C27H60O5Si3. The van der Waals surface area contributed by atoms with Gasteiger partial charge in [0.2, 0.25) is 9.76 Å². The fraction of sp³-hybridized carbons (Fsp3) is 1.00. The number of aliphatic hydroxyl groups excluding tert-OH is 1. The molecule has 0 saturated heterocycles. The summed E-state index contributed by atoms with van der Waals surface area (Å²) < 4.78 is 23.5. The molecule has 0 amide bonds. The van der Waals surface area contributed by atoms with Crippen molar-refractivity contribution in [2.45, 2.75) is 122 Å². The summed E-state index contributed by atoms with van der Waals surface area (Å²) in [6, 6.07) is 0. The lowest BCUT2D eigenvalue weighted by Gasteiger charge is -2.37. The Morgan fingerprint density at radius 2 is 1.20 bits per heavy atom. The van der Waals surface area contributed by atoms with Gasteiger partial charge in [-0.05, 0) is 82.6 Å². The van der Waals surface area contributed by atoms with Crippen molar-refractivity contribution in [1.82, 2.24) is 0 Å². The average molecular weight is 549 g/mol. The van der Waals surface area contributed by atoms with Crippen LogP contribution in [0.3, 0.4) is 0 Å². The Hall–Kier alpha value is 0.451. The van der Waals surface area contributed by atoms with Crippen LogP contribution in [0, 0.1) is 5.92 Å². The number of aliphatic hydroxyl groups is 1. The monoisotopic (exact) mass is 548 g/mol. The van der Waals surface area contributed by atoms with Gasteiger partial charge in [0.05, 0.1) is 0 Å². The fourth-order valence-electron chi connectivity index (χ4n) is 4.50. The number of rotatable bonds is 26. The van der Waals surface area contributed by atoms with E-state index >= 15 is 0 Å². The van der Waals surface area contributed by atoms with E-state index in [1.54, 1.807) is 0 Å². The molecule has 8 heteroatoms. The van der Waals surface area contributed by atoms with Gasteiger partial charge in [-0.3, -0.25) is 0 Å². The van der Waals surface area contributed by atoms with E-state index in [4.69, 9.17) is 23.4 Å². The molecule has 2 radical (unpaired) electrons. The molecule has 0 aliphatic heterocycles. The smallest absolute Gasteiger partial charge is 0.226 e. The topological polar surface area (TPSA) is 57.2 Å². The largest absolute Gasteiger partial charge is 0.418 e. The maximum atomic E-state index is 9.07. The molecule has 2 atom stereocenters. The van der Waals surface area contributed by atoms with Crippen molar-refractivity contribution >= 4 is 26.2 Å². The molecule has 2 unspecified atom stereocenters. The van der Waals surface area contributed by atoms with Crippen LogP contribution in [0.25, 0.3) is 0 Å². The zero-order valence-corrected chi connectivity index (χ0v) is 27.5. The van der Waals surface area contributed by atoms with Crippen molar-refractivity contribution in [3.8, 4) is 0 Å². The molecule has 0 rings (SSSR count). The van der Waals surface area contributed by atoms with Gasteiger partial charge in [-0.25, -0.2) is 0 Å². The minimum atomic E-state index is -1.52. The van der Waals surface area contributed by atoms with E-state index < -0.39 is 16.4 Å². The van der Waals surface area contributed by atoms with E-state index in [2.05, 4.69) is 45.8 Å². The Balaban J connectivity index is 4.25. The van der Waals surface area contributed by atoms with Gasteiger partial charge in [-0.1, -0.05) is 45.3 Å².